The summed E-state index contributed by atoms with van der Waals surface area (Å²) in [5.74, 6) is 1.36. The second-order valence-electron chi connectivity index (χ2n) is 7.05. The maximum Gasteiger partial charge on any atom is 0.230 e. The molecule has 1 aliphatic heterocycles. The standard InChI is InChI=1S/C22H27ClN2OS/c23-21-9-7-18(8-10-21)16-27-17-22(26)24-14-19-5-4-6-20(13-19)15-25-11-2-1-3-12-25/h4-10,13H,1-3,11-12,14-17H2,(H,24,26). The van der Waals surface area contributed by atoms with Gasteiger partial charge in [0.15, 0.2) is 0 Å². The molecule has 3 rings (SSSR count). The van der Waals surface area contributed by atoms with Gasteiger partial charge in [-0.2, -0.15) is 0 Å². The summed E-state index contributed by atoms with van der Waals surface area (Å²) in [7, 11) is 0. The number of rotatable bonds is 8. The minimum Gasteiger partial charge on any atom is -0.351 e. The zero-order valence-electron chi connectivity index (χ0n) is 15.6. The molecule has 144 valence electrons. The van der Waals surface area contributed by atoms with Crippen molar-refractivity contribution in [3.05, 3.63) is 70.2 Å². The van der Waals surface area contributed by atoms with Crippen molar-refractivity contribution in [2.45, 2.75) is 38.1 Å². The average molecular weight is 403 g/mol. The molecule has 0 radical (unpaired) electrons. The van der Waals surface area contributed by atoms with Gasteiger partial charge in [-0.25, -0.2) is 0 Å². The van der Waals surface area contributed by atoms with Gasteiger partial charge in [0.1, 0.15) is 0 Å². The Morgan fingerprint density at radius 1 is 1.00 bits per heavy atom. The minimum absolute atomic E-state index is 0.0791. The summed E-state index contributed by atoms with van der Waals surface area (Å²) in [6, 6.07) is 16.3. The number of halogens is 1. The molecule has 0 saturated carbocycles. The van der Waals surface area contributed by atoms with Crippen molar-refractivity contribution < 1.29 is 4.79 Å². The summed E-state index contributed by atoms with van der Waals surface area (Å²) in [6.45, 7) is 4.00. The zero-order chi connectivity index (χ0) is 18.9. The normalized spacial score (nSPS) is 14.9. The predicted octanol–water partition coefficient (Wildman–Crippen LogP) is 4.88. The smallest absolute Gasteiger partial charge is 0.230 e. The number of hydrogen-bond acceptors (Lipinski definition) is 3. The molecule has 5 heteroatoms. The van der Waals surface area contributed by atoms with Gasteiger partial charge >= 0.3 is 0 Å². The van der Waals surface area contributed by atoms with Crippen LogP contribution >= 0.6 is 23.4 Å². The third kappa shape index (κ3) is 7.21. The Bertz CT molecular complexity index is 729. The highest BCUT2D eigenvalue weighted by molar-refractivity contribution is 7.99. The van der Waals surface area contributed by atoms with E-state index in [0.717, 1.165) is 17.3 Å². The number of amides is 1. The maximum absolute atomic E-state index is 12.1. The van der Waals surface area contributed by atoms with E-state index in [0.29, 0.717) is 12.3 Å². The fraction of sp³-hybridized carbons (Fsp3) is 0.409. The number of piperidine rings is 1. The molecular formula is C22H27ClN2OS. The number of thioether (sulfide) groups is 1. The van der Waals surface area contributed by atoms with Crippen LogP contribution in [0.2, 0.25) is 5.02 Å². The molecule has 0 unspecified atom stereocenters. The summed E-state index contributed by atoms with van der Waals surface area (Å²) < 4.78 is 0. The number of likely N-dealkylation sites (tertiary alicyclic amines) is 1. The number of nitrogens with one attached hydrogen (secondary N) is 1. The van der Waals surface area contributed by atoms with E-state index in [1.807, 2.05) is 24.3 Å². The van der Waals surface area contributed by atoms with Gasteiger partial charge in [-0.3, -0.25) is 9.69 Å². The van der Waals surface area contributed by atoms with Gasteiger partial charge in [-0.15, -0.1) is 11.8 Å². The lowest BCUT2D eigenvalue weighted by Crippen LogP contribution is -2.29. The quantitative estimate of drug-likeness (QED) is 0.683. The van der Waals surface area contributed by atoms with E-state index in [1.165, 1.54) is 49.0 Å². The second kappa shape index (κ2) is 10.7. The monoisotopic (exact) mass is 402 g/mol. The van der Waals surface area contributed by atoms with Gasteiger partial charge in [0, 0.05) is 23.9 Å². The van der Waals surface area contributed by atoms with Crippen molar-refractivity contribution in [1.29, 1.82) is 0 Å². The topological polar surface area (TPSA) is 32.3 Å². The van der Waals surface area contributed by atoms with Crippen molar-refractivity contribution in [3.63, 3.8) is 0 Å². The van der Waals surface area contributed by atoms with Crippen LogP contribution in [-0.2, 0) is 23.6 Å². The number of carbonyl (C=O) groups excluding carboxylic acids is 1. The number of benzene rings is 2. The summed E-state index contributed by atoms with van der Waals surface area (Å²) in [5.41, 5.74) is 3.68. The van der Waals surface area contributed by atoms with Gasteiger partial charge < -0.3 is 5.32 Å². The third-order valence-corrected chi connectivity index (χ3v) is 6.01. The zero-order valence-corrected chi connectivity index (χ0v) is 17.2. The molecular weight excluding hydrogens is 376 g/mol. The molecule has 1 saturated heterocycles. The van der Waals surface area contributed by atoms with Crippen molar-refractivity contribution in [3.8, 4) is 0 Å². The van der Waals surface area contributed by atoms with Gasteiger partial charge in [0.2, 0.25) is 5.91 Å². The molecule has 1 heterocycles. The fourth-order valence-corrected chi connectivity index (χ4v) is 4.25. The van der Waals surface area contributed by atoms with Crippen molar-refractivity contribution in [2.75, 3.05) is 18.8 Å². The Morgan fingerprint density at radius 3 is 2.52 bits per heavy atom. The molecule has 3 nitrogen and oxygen atoms in total. The molecule has 1 aliphatic rings. The third-order valence-electron chi connectivity index (χ3n) is 4.75. The van der Waals surface area contributed by atoms with Crippen LogP contribution in [0, 0.1) is 0 Å². The van der Waals surface area contributed by atoms with Gasteiger partial charge in [-0.05, 0) is 54.8 Å². The average Bonchev–Trinajstić information content (AvgIpc) is 2.69. The van der Waals surface area contributed by atoms with Crippen molar-refractivity contribution in [1.82, 2.24) is 10.2 Å². The molecule has 0 aromatic heterocycles. The first-order valence-corrected chi connectivity index (χ1v) is 11.1. The SMILES string of the molecule is O=C(CSCc1ccc(Cl)cc1)NCc1cccc(CN2CCCCC2)c1. The molecule has 2 aromatic rings. The Hall–Kier alpha value is -1.49. The van der Waals surface area contributed by atoms with Crippen LogP contribution in [0.3, 0.4) is 0 Å². The molecule has 1 N–H and O–H groups in total. The van der Waals surface area contributed by atoms with E-state index >= 15 is 0 Å². The molecule has 1 fully saturated rings. The molecule has 2 aromatic carbocycles. The van der Waals surface area contributed by atoms with E-state index in [-0.39, 0.29) is 5.91 Å². The summed E-state index contributed by atoms with van der Waals surface area (Å²) in [6.07, 6.45) is 3.98. The van der Waals surface area contributed by atoms with Crippen LogP contribution in [-0.4, -0.2) is 29.6 Å². The minimum atomic E-state index is 0.0791. The molecule has 0 bridgehead atoms. The Balaban J connectivity index is 1.39. The van der Waals surface area contributed by atoms with E-state index in [4.69, 9.17) is 11.6 Å². The lowest BCUT2D eigenvalue weighted by molar-refractivity contribution is -0.118. The van der Waals surface area contributed by atoms with Crippen LogP contribution in [0.1, 0.15) is 36.0 Å². The largest absolute Gasteiger partial charge is 0.351 e. The Labute approximate surface area is 171 Å². The molecule has 27 heavy (non-hydrogen) atoms. The lowest BCUT2D eigenvalue weighted by atomic mass is 10.1. The first-order valence-electron chi connectivity index (χ1n) is 9.58. The van der Waals surface area contributed by atoms with Crippen LogP contribution < -0.4 is 5.32 Å². The molecule has 1 amide bonds. The highest BCUT2D eigenvalue weighted by Crippen LogP contribution is 2.16. The predicted molar refractivity (Wildman–Crippen MR) is 115 cm³/mol. The van der Waals surface area contributed by atoms with E-state index in [9.17, 15) is 4.79 Å². The number of nitrogens with zero attached hydrogens (tertiary/aromatic N) is 1. The van der Waals surface area contributed by atoms with E-state index in [1.54, 1.807) is 11.8 Å². The van der Waals surface area contributed by atoms with Crippen LogP contribution in [0.15, 0.2) is 48.5 Å². The van der Waals surface area contributed by atoms with Crippen LogP contribution in [0.25, 0.3) is 0 Å². The molecule has 0 spiro atoms. The Morgan fingerprint density at radius 2 is 1.74 bits per heavy atom. The lowest BCUT2D eigenvalue weighted by Gasteiger charge is -2.26. The molecule has 0 aliphatic carbocycles. The fourth-order valence-electron chi connectivity index (χ4n) is 3.31. The Kier molecular flexibility index (Phi) is 8.06. The van der Waals surface area contributed by atoms with E-state index in [2.05, 4.69) is 34.5 Å². The van der Waals surface area contributed by atoms with Gasteiger partial charge in [0.25, 0.3) is 0 Å². The van der Waals surface area contributed by atoms with Crippen LogP contribution in [0.4, 0.5) is 0 Å². The van der Waals surface area contributed by atoms with E-state index < -0.39 is 0 Å². The highest BCUT2D eigenvalue weighted by atomic mass is 35.5. The van der Waals surface area contributed by atoms with Crippen LogP contribution in [0.5, 0.6) is 0 Å². The maximum atomic E-state index is 12.1. The van der Waals surface area contributed by atoms with Crippen molar-refractivity contribution >= 4 is 29.3 Å². The number of hydrogen-bond donors (Lipinski definition) is 1. The van der Waals surface area contributed by atoms with Gasteiger partial charge in [-0.1, -0.05) is 54.4 Å². The summed E-state index contributed by atoms with van der Waals surface area (Å²) in [5, 5.41) is 3.77. The first-order chi connectivity index (χ1) is 13.2. The highest BCUT2D eigenvalue weighted by Gasteiger charge is 2.10. The summed E-state index contributed by atoms with van der Waals surface area (Å²) in [4.78, 5) is 14.6. The van der Waals surface area contributed by atoms with Gasteiger partial charge in [0.05, 0.1) is 5.75 Å². The summed E-state index contributed by atoms with van der Waals surface area (Å²) >= 11 is 7.51. The first kappa shape index (κ1) is 20.2. The number of carbonyl (C=O) groups is 1. The molecule has 0 atom stereocenters. The second-order valence-corrected chi connectivity index (χ2v) is 8.47. The van der Waals surface area contributed by atoms with Crippen molar-refractivity contribution in [2.24, 2.45) is 0 Å².